The van der Waals surface area contributed by atoms with Crippen LogP contribution in [0.3, 0.4) is 0 Å². The Morgan fingerprint density at radius 1 is 1.50 bits per heavy atom. The van der Waals surface area contributed by atoms with Gasteiger partial charge in [0.15, 0.2) is 0 Å². The molecule has 2 rings (SSSR count). The van der Waals surface area contributed by atoms with Gasteiger partial charge in [0.1, 0.15) is 11.9 Å². The molecule has 1 heterocycles. The number of aliphatic carboxylic acids is 1. The normalized spacial score (nSPS) is 24.6. The predicted octanol–water partition coefficient (Wildman–Crippen LogP) is 2.01. The minimum absolute atomic E-state index is 0.0294. The van der Waals surface area contributed by atoms with Crippen LogP contribution >= 0.6 is 0 Å². The van der Waals surface area contributed by atoms with E-state index in [0.717, 1.165) is 17.5 Å². The predicted molar refractivity (Wildman–Crippen MR) is 57.7 cm³/mol. The van der Waals surface area contributed by atoms with Crippen LogP contribution in [-0.4, -0.2) is 17.1 Å². The zero-order valence-electron chi connectivity index (χ0n) is 9.03. The molecule has 4 heteroatoms. The van der Waals surface area contributed by atoms with Gasteiger partial charge < -0.3 is 5.11 Å². The Morgan fingerprint density at radius 2 is 2.25 bits per heavy atom. The third kappa shape index (κ3) is 2.07. The van der Waals surface area contributed by atoms with Crippen LogP contribution in [0.5, 0.6) is 0 Å². The average Bonchev–Trinajstić information content (AvgIpc) is 2.66. The summed E-state index contributed by atoms with van der Waals surface area (Å²) in [6, 6.07) is 4.17. The van der Waals surface area contributed by atoms with Gasteiger partial charge in [-0.2, -0.15) is 0 Å². The highest BCUT2D eigenvalue weighted by atomic mass is 19.1. The molecule has 0 amide bonds. The molecule has 0 bridgehead atoms. The summed E-state index contributed by atoms with van der Waals surface area (Å²) < 4.78 is 12.9. The molecule has 0 aromatic heterocycles. The second-order valence-corrected chi connectivity index (χ2v) is 4.19. The maximum atomic E-state index is 12.9. The highest BCUT2D eigenvalue weighted by molar-refractivity contribution is 5.74. The van der Waals surface area contributed by atoms with E-state index in [9.17, 15) is 9.18 Å². The van der Waals surface area contributed by atoms with Gasteiger partial charge in [-0.1, -0.05) is 6.07 Å². The van der Waals surface area contributed by atoms with Crippen LogP contribution in [0, 0.1) is 12.7 Å². The minimum Gasteiger partial charge on any atom is -0.480 e. The standard InChI is InChI=1S/C12H14FNO2/c1-7-6-8(13)2-3-9(7)10-4-5-11(14-10)12(15)16/h2-3,6,10-11,14H,4-5H2,1H3,(H,15,16). The molecule has 0 saturated carbocycles. The van der Waals surface area contributed by atoms with E-state index in [0.29, 0.717) is 6.42 Å². The van der Waals surface area contributed by atoms with Crippen molar-refractivity contribution in [2.75, 3.05) is 0 Å². The maximum absolute atomic E-state index is 12.9. The van der Waals surface area contributed by atoms with E-state index in [1.165, 1.54) is 12.1 Å². The van der Waals surface area contributed by atoms with Crippen molar-refractivity contribution in [2.45, 2.75) is 31.8 Å². The first-order chi connectivity index (χ1) is 7.58. The van der Waals surface area contributed by atoms with Crippen molar-refractivity contribution in [3.05, 3.63) is 35.1 Å². The van der Waals surface area contributed by atoms with E-state index < -0.39 is 12.0 Å². The van der Waals surface area contributed by atoms with Crippen LogP contribution in [-0.2, 0) is 4.79 Å². The lowest BCUT2D eigenvalue weighted by Gasteiger charge is -2.14. The molecular formula is C12H14FNO2. The maximum Gasteiger partial charge on any atom is 0.320 e. The highest BCUT2D eigenvalue weighted by Gasteiger charge is 2.30. The van der Waals surface area contributed by atoms with Crippen molar-refractivity contribution in [2.24, 2.45) is 0 Å². The van der Waals surface area contributed by atoms with Crippen molar-refractivity contribution < 1.29 is 14.3 Å². The first-order valence-corrected chi connectivity index (χ1v) is 5.33. The van der Waals surface area contributed by atoms with Crippen LogP contribution in [0.25, 0.3) is 0 Å². The summed E-state index contributed by atoms with van der Waals surface area (Å²) in [4.78, 5) is 10.8. The average molecular weight is 223 g/mol. The Bertz CT molecular complexity index is 419. The summed E-state index contributed by atoms with van der Waals surface area (Å²) in [7, 11) is 0. The minimum atomic E-state index is -0.817. The number of carboxylic acid groups (broad SMARTS) is 1. The fourth-order valence-electron chi connectivity index (χ4n) is 2.21. The van der Waals surface area contributed by atoms with Gasteiger partial charge in [0.25, 0.3) is 0 Å². The fraction of sp³-hybridized carbons (Fsp3) is 0.417. The van der Waals surface area contributed by atoms with Gasteiger partial charge in [0.2, 0.25) is 0 Å². The lowest BCUT2D eigenvalue weighted by molar-refractivity contribution is -0.139. The van der Waals surface area contributed by atoms with Gasteiger partial charge in [0.05, 0.1) is 0 Å². The zero-order chi connectivity index (χ0) is 11.7. The van der Waals surface area contributed by atoms with Gasteiger partial charge >= 0.3 is 5.97 Å². The third-order valence-corrected chi connectivity index (χ3v) is 3.05. The van der Waals surface area contributed by atoms with E-state index in [2.05, 4.69) is 5.32 Å². The molecule has 16 heavy (non-hydrogen) atoms. The first-order valence-electron chi connectivity index (χ1n) is 5.33. The quantitative estimate of drug-likeness (QED) is 0.806. The van der Waals surface area contributed by atoms with Crippen molar-refractivity contribution in [3.63, 3.8) is 0 Å². The summed E-state index contributed by atoms with van der Waals surface area (Å²) >= 11 is 0. The Kier molecular flexibility index (Phi) is 2.92. The number of carboxylic acids is 1. The van der Waals surface area contributed by atoms with Crippen LogP contribution in [0.2, 0.25) is 0 Å². The van der Waals surface area contributed by atoms with E-state index in [1.54, 1.807) is 6.07 Å². The zero-order valence-corrected chi connectivity index (χ0v) is 9.03. The molecule has 86 valence electrons. The molecule has 2 atom stereocenters. The smallest absolute Gasteiger partial charge is 0.320 e. The summed E-state index contributed by atoms with van der Waals surface area (Å²) in [5, 5.41) is 11.9. The number of carbonyl (C=O) groups is 1. The summed E-state index contributed by atoms with van der Waals surface area (Å²) in [5.74, 6) is -1.07. The van der Waals surface area contributed by atoms with E-state index in [-0.39, 0.29) is 11.9 Å². The van der Waals surface area contributed by atoms with E-state index >= 15 is 0 Å². The van der Waals surface area contributed by atoms with E-state index in [4.69, 9.17) is 5.11 Å². The van der Waals surface area contributed by atoms with Gasteiger partial charge in [-0.25, -0.2) is 4.39 Å². The summed E-state index contributed by atoms with van der Waals surface area (Å²) in [5.41, 5.74) is 1.86. The largest absolute Gasteiger partial charge is 0.480 e. The molecule has 2 unspecified atom stereocenters. The van der Waals surface area contributed by atoms with Crippen molar-refractivity contribution in [1.82, 2.24) is 5.32 Å². The van der Waals surface area contributed by atoms with Gasteiger partial charge in [-0.15, -0.1) is 0 Å². The van der Waals surface area contributed by atoms with Gasteiger partial charge in [-0.3, -0.25) is 10.1 Å². The summed E-state index contributed by atoms with van der Waals surface area (Å²) in [6.07, 6.45) is 1.40. The van der Waals surface area contributed by atoms with Crippen molar-refractivity contribution >= 4 is 5.97 Å². The number of aryl methyl sites for hydroxylation is 1. The Hall–Kier alpha value is -1.42. The van der Waals surface area contributed by atoms with E-state index in [1.807, 2.05) is 6.92 Å². The van der Waals surface area contributed by atoms with Crippen LogP contribution in [0.1, 0.15) is 30.0 Å². The number of benzene rings is 1. The molecular weight excluding hydrogens is 209 g/mol. The second-order valence-electron chi connectivity index (χ2n) is 4.19. The lowest BCUT2D eigenvalue weighted by atomic mass is 10.00. The molecule has 1 aliphatic rings. The topological polar surface area (TPSA) is 49.3 Å². The highest BCUT2D eigenvalue weighted by Crippen LogP contribution is 2.28. The Balaban J connectivity index is 2.17. The van der Waals surface area contributed by atoms with Gasteiger partial charge in [-0.05, 0) is 43.0 Å². The number of nitrogens with one attached hydrogen (secondary N) is 1. The molecule has 1 saturated heterocycles. The summed E-state index contributed by atoms with van der Waals surface area (Å²) in [6.45, 7) is 1.84. The Labute approximate surface area is 93.3 Å². The molecule has 3 nitrogen and oxygen atoms in total. The van der Waals surface area contributed by atoms with Crippen LogP contribution < -0.4 is 5.32 Å². The molecule has 2 N–H and O–H groups in total. The molecule has 1 aromatic rings. The fourth-order valence-corrected chi connectivity index (χ4v) is 2.21. The SMILES string of the molecule is Cc1cc(F)ccc1C1CCC(C(=O)O)N1. The molecule has 0 radical (unpaired) electrons. The number of rotatable bonds is 2. The number of hydrogen-bond acceptors (Lipinski definition) is 2. The molecule has 1 fully saturated rings. The first kappa shape index (κ1) is 11.1. The van der Waals surface area contributed by atoms with Crippen molar-refractivity contribution in [1.29, 1.82) is 0 Å². The number of halogens is 1. The van der Waals surface area contributed by atoms with Gasteiger partial charge in [0, 0.05) is 6.04 Å². The second kappa shape index (κ2) is 4.22. The molecule has 1 aliphatic heterocycles. The molecule has 1 aromatic carbocycles. The van der Waals surface area contributed by atoms with Crippen molar-refractivity contribution in [3.8, 4) is 0 Å². The third-order valence-electron chi connectivity index (χ3n) is 3.05. The number of hydrogen-bond donors (Lipinski definition) is 2. The molecule has 0 spiro atoms. The molecule has 0 aliphatic carbocycles. The monoisotopic (exact) mass is 223 g/mol. The lowest BCUT2D eigenvalue weighted by Crippen LogP contribution is -2.32. The van der Waals surface area contributed by atoms with Crippen LogP contribution in [0.15, 0.2) is 18.2 Å². The Morgan fingerprint density at radius 3 is 2.81 bits per heavy atom. The van der Waals surface area contributed by atoms with Crippen LogP contribution in [0.4, 0.5) is 4.39 Å².